The maximum absolute atomic E-state index is 10.7. The fourth-order valence-electron chi connectivity index (χ4n) is 1.99. The van der Waals surface area contributed by atoms with E-state index in [0.29, 0.717) is 5.76 Å². The van der Waals surface area contributed by atoms with Crippen molar-refractivity contribution in [3.05, 3.63) is 48.3 Å². The van der Waals surface area contributed by atoms with Crippen LogP contribution >= 0.6 is 27.3 Å². The number of rotatable bonds is 6. The zero-order valence-electron chi connectivity index (χ0n) is 11.2. The average molecular weight is 359 g/mol. The summed E-state index contributed by atoms with van der Waals surface area (Å²) >= 11 is 5.11. The summed E-state index contributed by atoms with van der Waals surface area (Å²) in [6.07, 6.45) is 0.976. The maximum Gasteiger partial charge on any atom is 0.433 e. The summed E-state index contributed by atoms with van der Waals surface area (Å²) in [4.78, 5) is 11.4. The van der Waals surface area contributed by atoms with Gasteiger partial charge in [-0.15, -0.1) is 11.3 Å². The van der Waals surface area contributed by atoms with Crippen molar-refractivity contribution >= 4 is 33.2 Å². The summed E-state index contributed by atoms with van der Waals surface area (Å²) < 4.78 is 6.39. The molecule has 20 heavy (non-hydrogen) atoms. The fraction of sp³-hybridized carbons (Fsp3) is 0.385. The second-order valence-electron chi connectivity index (χ2n) is 4.38. The Balaban J connectivity index is 2.35. The molecule has 2 heterocycles. The average Bonchev–Trinajstić information content (AvgIpc) is 2.98. The quantitative estimate of drug-likeness (QED) is 0.613. The summed E-state index contributed by atoms with van der Waals surface area (Å²) in [6, 6.07) is 4.93. The minimum absolute atomic E-state index is 0.161. The standard InChI is InChI=1S/C13H15BrN2O3S/c1-3-6-15-13(9-7-11(14)20-8(9)2)10-4-5-12(19-10)16(17)18/h4-5,7,13,15H,3,6H2,1-2H3. The van der Waals surface area contributed by atoms with E-state index in [1.807, 2.05) is 13.0 Å². The van der Waals surface area contributed by atoms with Crippen LogP contribution in [0.25, 0.3) is 0 Å². The van der Waals surface area contributed by atoms with E-state index in [2.05, 4.69) is 28.2 Å². The summed E-state index contributed by atoms with van der Waals surface area (Å²) in [6.45, 7) is 4.92. The number of hydrogen-bond donors (Lipinski definition) is 1. The van der Waals surface area contributed by atoms with Crippen molar-refractivity contribution in [2.45, 2.75) is 26.3 Å². The smallest absolute Gasteiger partial charge is 0.404 e. The normalized spacial score (nSPS) is 12.6. The van der Waals surface area contributed by atoms with Crippen LogP contribution in [0, 0.1) is 17.0 Å². The Morgan fingerprint density at radius 2 is 2.30 bits per heavy atom. The van der Waals surface area contributed by atoms with Gasteiger partial charge in [-0.05, 0) is 53.5 Å². The Kier molecular flexibility index (Phi) is 4.95. The van der Waals surface area contributed by atoms with Gasteiger partial charge < -0.3 is 9.73 Å². The van der Waals surface area contributed by atoms with E-state index >= 15 is 0 Å². The minimum atomic E-state index is -0.517. The molecule has 0 aliphatic heterocycles. The number of furan rings is 1. The zero-order chi connectivity index (χ0) is 14.7. The van der Waals surface area contributed by atoms with Crippen molar-refractivity contribution in [2.24, 2.45) is 0 Å². The first-order chi connectivity index (χ1) is 9.52. The number of hydrogen-bond acceptors (Lipinski definition) is 5. The van der Waals surface area contributed by atoms with Crippen LogP contribution in [0.1, 0.15) is 35.6 Å². The molecular weight excluding hydrogens is 344 g/mol. The van der Waals surface area contributed by atoms with Crippen LogP contribution in [0.4, 0.5) is 5.88 Å². The lowest BCUT2D eigenvalue weighted by Gasteiger charge is -2.16. The first-order valence-corrected chi connectivity index (χ1v) is 7.87. The number of nitrogens with zero attached hydrogens (tertiary/aromatic N) is 1. The molecule has 5 nitrogen and oxygen atoms in total. The van der Waals surface area contributed by atoms with E-state index in [0.717, 1.165) is 27.2 Å². The van der Waals surface area contributed by atoms with E-state index in [9.17, 15) is 10.1 Å². The van der Waals surface area contributed by atoms with Gasteiger partial charge in [0.1, 0.15) is 10.7 Å². The molecule has 1 N–H and O–H groups in total. The Morgan fingerprint density at radius 3 is 2.80 bits per heavy atom. The predicted octanol–water partition coefficient (Wildman–Crippen LogP) is 4.41. The second-order valence-corrected chi connectivity index (χ2v) is 7.02. The molecule has 108 valence electrons. The van der Waals surface area contributed by atoms with E-state index in [1.54, 1.807) is 17.4 Å². The molecule has 0 amide bonds. The molecule has 0 fully saturated rings. The van der Waals surface area contributed by atoms with Crippen LogP contribution < -0.4 is 5.32 Å². The van der Waals surface area contributed by atoms with E-state index in [1.165, 1.54) is 6.07 Å². The second kappa shape index (κ2) is 6.51. The van der Waals surface area contributed by atoms with Gasteiger partial charge in [-0.3, -0.25) is 10.1 Å². The Labute approximate surface area is 129 Å². The predicted molar refractivity (Wildman–Crippen MR) is 82.3 cm³/mol. The van der Waals surface area contributed by atoms with Crippen LogP contribution in [0.3, 0.4) is 0 Å². The maximum atomic E-state index is 10.7. The molecule has 0 aliphatic rings. The van der Waals surface area contributed by atoms with Crippen LogP contribution in [-0.2, 0) is 0 Å². The van der Waals surface area contributed by atoms with Crippen LogP contribution in [0.15, 0.2) is 26.4 Å². The number of nitrogens with one attached hydrogen (secondary N) is 1. The highest BCUT2D eigenvalue weighted by atomic mass is 79.9. The van der Waals surface area contributed by atoms with Gasteiger partial charge in [0.2, 0.25) is 0 Å². The number of nitro groups is 1. The Hall–Kier alpha value is -1.18. The van der Waals surface area contributed by atoms with Crippen molar-refractivity contribution in [3.8, 4) is 0 Å². The third-order valence-electron chi connectivity index (χ3n) is 2.91. The number of thiophene rings is 1. The van der Waals surface area contributed by atoms with Gasteiger partial charge in [0.15, 0.2) is 0 Å². The van der Waals surface area contributed by atoms with Crippen LogP contribution in [0.2, 0.25) is 0 Å². The third-order valence-corrected chi connectivity index (χ3v) is 4.48. The summed E-state index contributed by atoms with van der Waals surface area (Å²) in [5.41, 5.74) is 1.08. The SMILES string of the molecule is CCCNC(c1ccc([N+](=O)[O-])o1)c1cc(Br)sc1C. The zero-order valence-corrected chi connectivity index (χ0v) is 13.6. The molecule has 0 radical (unpaired) electrons. The molecule has 2 aromatic rings. The number of halogens is 1. The topological polar surface area (TPSA) is 68.3 Å². The molecule has 2 aromatic heterocycles. The van der Waals surface area contributed by atoms with Gasteiger partial charge in [0, 0.05) is 4.88 Å². The minimum Gasteiger partial charge on any atom is -0.404 e. The van der Waals surface area contributed by atoms with Crippen molar-refractivity contribution < 1.29 is 9.34 Å². The third kappa shape index (κ3) is 3.28. The molecular formula is C13H15BrN2O3S. The molecule has 0 spiro atoms. The summed E-state index contributed by atoms with van der Waals surface area (Å²) in [5, 5.41) is 14.1. The van der Waals surface area contributed by atoms with Crippen LogP contribution in [0.5, 0.6) is 0 Å². The highest BCUT2D eigenvalue weighted by Gasteiger charge is 2.23. The van der Waals surface area contributed by atoms with Gasteiger partial charge in [-0.2, -0.15) is 0 Å². The lowest BCUT2D eigenvalue weighted by Crippen LogP contribution is -2.22. The molecule has 0 aromatic carbocycles. The first kappa shape index (κ1) is 15.2. The largest absolute Gasteiger partial charge is 0.433 e. The Morgan fingerprint density at radius 1 is 1.55 bits per heavy atom. The molecule has 0 bridgehead atoms. The van der Waals surface area contributed by atoms with E-state index in [-0.39, 0.29) is 11.9 Å². The highest BCUT2D eigenvalue weighted by molar-refractivity contribution is 9.11. The van der Waals surface area contributed by atoms with Gasteiger partial charge in [-0.1, -0.05) is 6.92 Å². The van der Waals surface area contributed by atoms with E-state index < -0.39 is 4.92 Å². The van der Waals surface area contributed by atoms with Crippen molar-refractivity contribution in [1.29, 1.82) is 0 Å². The van der Waals surface area contributed by atoms with Gasteiger partial charge >= 0.3 is 5.88 Å². The van der Waals surface area contributed by atoms with Crippen molar-refractivity contribution in [1.82, 2.24) is 5.32 Å². The van der Waals surface area contributed by atoms with Crippen molar-refractivity contribution in [2.75, 3.05) is 6.54 Å². The summed E-state index contributed by atoms with van der Waals surface area (Å²) in [7, 11) is 0. The molecule has 0 saturated heterocycles. The fourth-order valence-corrected chi connectivity index (χ4v) is 3.74. The van der Waals surface area contributed by atoms with E-state index in [4.69, 9.17) is 4.42 Å². The molecule has 1 atom stereocenters. The monoisotopic (exact) mass is 358 g/mol. The Bertz CT molecular complexity index is 609. The number of aryl methyl sites for hydroxylation is 1. The van der Waals surface area contributed by atoms with Gasteiger partial charge in [-0.25, -0.2) is 0 Å². The highest BCUT2D eigenvalue weighted by Crippen LogP contribution is 2.35. The lowest BCUT2D eigenvalue weighted by molar-refractivity contribution is -0.402. The van der Waals surface area contributed by atoms with Gasteiger partial charge in [0.25, 0.3) is 0 Å². The lowest BCUT2D eigenvalue weighted by atomic mass is 10.1. The molecule has 1 unspecified atom stereocenters. The first-order valence-electron chi connectivity index (χ1n) is 6.26. The summed E-state index contributed by atoms with van der Waals surface area (Å²) in [5.74, 6) is 0.341. The van der Waals surface area contributed by atoms with Crippen molar-refractivity contribution in [3.63, 3.8) is 0 Å². The molecule has 2 rings (SSSR count). The molecule has 0 saturated carbocycles. The molecule has 7 heteroatoms. The van der Waals surface area contributed by atoms with Gasteiger partial charge in [0.05, 0.1) is 15.9 Å². The van der Waals surface area contributed by atoms with Crippen LogP contribution in [-0.4, -0.2) is 11.5 Å². The molecule has 0 aliphatic carbocycles.